The zero-order valence-corrected chi connectivity index (χ0v) is 9.95. The van der Waals surface area contributed by atoms with Crippen LogP contribution < -0.4 is 0 Å². The number of β-amino-alcohol motifs (C(OH)–C–C–N with tert-alkyl or cyclic N) is 1. The van der Waals surface area contributed by atoms with Gasteiger partial charge in [-0.05, 0) is 27.2 Å². The summed E-state index contributed by atoms with van der Waals surface area (Å²) in [5, 5.41) is 20.7. The highest BCUT2D eigenvalue weighted by atomic mass is 16.6. The lowest BCUT2D eigenvalue weighted by atomic mass is 9.81. The number of hydrogen-bond donors (Lipinski definition) is 2. The molecule has 4 heteroatoms. The Bertz CT molecular complexity index is 275. The van der Waals surface area contributed by atoms with Crippen molar-refractivity contribution in [1.29, 1.82) is 0 Å². The lowest BCUT2D eigenvalue weighted by molar-refractivity contribution is -0.209. The summed E-state index contributed by atoms with van der Waals surface area (Å²) < 4.78 is 5.42. The molecule has 15 heavy (non-hydrogen) atoms. The SMILES string of the molecule is CC(C)(C)N1C[C@@]2(O)OCC[C@@]2(C)[C@H]1O. The van der Waals surface area contributed by atoms with E-state index in [9.17, 15) is 10.2 Å². The van der Waals surface area contributed by atoms with Gasteiger partial charge < -0.3 is 14.9 Å². The molecule has 0 amide bonds. The van der Waals surface area contributed by atoms with E-state index in [1.165, 1.54) is 0 Å². The van der Waals surface area contributed by atoms with Crippen molar-refractivity contribution in [2.45, 2.75) is 51.7 Å². The maximum absolute atomic E-state index is 10.4. The normalized spacial score (nSPS) is 47.2. The molecule has 0 aromatic rings. The van der Waals surface area contributed by atoms with Crippen molar-refractivity contribution in [1.82, 2.24) is 4.90 Å². The van der Waals surface area contributed by atoms with Crippen LogP contribution in [0.25, 0.3) is 0 Å². The van der Waals surface area contributed by atoms with Gasteiger partial charge in [-0.15, -0.1) is 0 Å². The van der Waals surface area contributed by atoms with Crippen LogP contribution in [0.4, 0.5) is 0 Å². The van der Waals surface area contributed by atoms with E-state index in [1.807, 2.05) is 32.6 Å². The van der Waals surface area contributed by atoms with Gasteiger partial charge in [-0.25, -0.2) is 0 Å². The fourth-order valence-electron chi connectivity index (χ4n) is 2.61. The van der Waals surface area contributed by atoms with Crippen LogP contribution in [0.2, 0.25) is 0 Å². The third kappa shape index (κ3) is 1.35. The van der Waals surface area contributed by atoms with Crippen LogP contribution in [0, 0.1) is 5.41 Å². The van der Waals surface area contributed by atoms with E-state index < -0.39 is 17.4 Å². The highest BCUT2D eigenvalue weighted by molar-refractivity contribution is 5.08. The number of aliphatic hydroxyl groups is 2. The summed E-state index contributed by atoms with van der Waals surface area (Å²) in [6.45, 7) is 8.91. The van der Waals surface area contributed by atoms with Crippen LogP contribution in [0.15, 0.2) is 0 Å². The first-order valence-corrected chi connectivity index (χ1v) is 5.52. The summed E-state index contributed by atoms with van der Waals surface area (Å²) in [6.07, 6.45) is 0.0713. The Morgan fingerprint density at radius 3 is 2.47 bits per heavy atom. The maximum Gasteiger partial charge on any atom is 0.187 e. The van der Waals surface area contributed by atoms with Crippen molar-refractivity contribution in [3.63, 3.8) is 0 Å². The summed E-state index contributed by atoms with van der Waals surface area (Å²) in [5.74, 6) is -1.18. The molecule has 0 aromatic carbocycles. The van der Waals surface area contributed by atoms with E-state index in [2.05, 4.69) is 0 Å². The average molecular weight is 215 g/mol. The molecule has 3 atom stereocenters. The van der Waals surface area contributed by atoms with Gasteiger partial charge in [-0.2, -0.15) is 0 Å². The molecule has 88 valence electrons. The molecule has 0 radical (unpaired) electrons. The summed E-state index contributed by atoms with van der Waals surface area (Å²) in [7, 11) is 0. The number of hydrogen-bond acceptors (Lipinski definition) is 4. The fraction of sp³-hybridized carbons (Fsp3) is 1.00. The number of rotatable bonds is 0. The predicted octanol–water partition coefficient (Wildman–Crippen LogP) is 0.534. The number of nitrogens with zero attached hydrogens (tertiary/aromatic N) is 1. The van der Waals surface area contributed by atoms with Crippen molar-refractivity contribution in [2.24, 2.45) is 5.41 Å². The van der Waals surface area contributed by atoms with Crippen LogP contribution in [0.3, 0.4) is 0 Å². The van der Waals surface area contributed by atoms with Crippen LogP contribution in [-0.2, 0) is 4.74 Å². The van der Waals surface area contributed by atoms with Crippen LogP contribution in [0.1, 0.15) is 34.1 Å². The Kier molecular flexibility index (Phi) is 2.22. The number of aliphatic hydroxyl groups excluding tert-OH is 1. The van der Waals surface area contributed by atoms with Gasteiger partial charge in [0.1, 0.15) is 6.23 Å². The molecule has 0 saturated carbocycles. The molecule has 2 rings (SSSR count). The van der Waals surface area contributed by atoms with E-state index in [4.69, 9.17) is 4.74 Å². The highest BCUT2D eigenvalue weighted by Gasteiger charge is 2.65. The van der Waals surface area contributed by atoms with E-state index >= 15 is 0 Å². The number of fused-ring (bicyclic) bond motifs is 1. The summed E-state index contributed by atoms with van der Waals surface area (Å²) in [6, 6.07) is 0. The lowest BCUT2D eigenvalue weighted by Gasteiger charge is -2.37. The largest absolute Gasteiger partial charge is 0.378 e. The van der Waals surface area contributed by atoms with Gasteiger partial charge in [0.15, 0.2) is 5.79 Å². The number of likely N-dealkylation sites (tertiary alicyclic amines) is 1. The first-order valence-electron chi connectivity index (χ1n) is 5.52. The second-order valence-corrected chi connectivity index (χ2v) is 5.97. The molecule has 0 aromatic heterocycles. The smallest absolute Gasteiger partial charge is 0.187 e. The molecule has 0 aliphatic carbocycles. The maximum atomic E-state index is 10.4. The minimum atomic E-state index is -1.18. The Hall–Kier alpha value is -0.160. The second-order valence-electron chi connectivity index (χ2n) is 5.97. The Morgan fingerprint density at radius 2 is 2.00 bits per heavy atom. The zero-order chi connectivity index (χ0) is 11.5. The Morgan fingerprint density at radius 1 is 1.40 bits per heavy atom. The third-order valence-electron chi connectivity index (χ3n) is 3.97. The first kappa shape index (κ1) is 11.3. The average Bonchev–Trinajstić information content (AvgIpc) is 2.46. The molecule has 2 heterocycles. The molecule has 0 unspecified atom stereocenters. The molecule has 2 aliphatic heterocycles. The molecule has 0 bridgehead atoms. The van der Waals surface area contributed by atoms with Gasteiger partial charge in [0.05, 0.1) is 18.6 Å². The minimum absolute atomic E-state index is 0.161. The van der Waals surface area contributed by atoms with Crippen LogP contribution in [-0.4, -0.2) is 45.8 Å². The molecular formula is C11H21NO3. The van der Waals surface area contributed by atoms with E-state index in [0.29, 0.717) is 19.6 Å². The van der Waals surface area contributed by atoms with Gasteiger partial charge in [0.2, 0.25) is 0 Å². The van der Waals surface area contributed by atoms with E-state index in [-0.39, 0.29) is 5.54 Å². The minimum Gasteiger partial charge on any atom is -0.378 e. The predicted molar refractivity (Wildman–Crippen MR) is 56.1 cm³/mol. The van der Waals surface area contributed by atoms with Crippen LogP contribution in [0.5, 0.6) is 0 Å². The van der Waals surface area contributed by atoms with Crippen LogP contribution >= 0.6 is 0 Å². The molecule has 0 spiro atoms. The van der Waals surface area contributed by atoms with Gasteiger partial charge in [0, 0.05) is 5.54 Å². The zero-order valence-electron chi connectivity index (χ0n) is 9.95. The van der Waals surface area contributed by atoms with Crippen molar-refractivity contribution in [3.05, 3.63) is 0 Å². The lowest BCUT2D eigenvalue weighted by Crippen LogP contribution is -2.48. The van der Waals surface area contributed by atoms with Gasteiger partial charge in [0.25, 0.3) is 0 Å². The van der Waals surface area contributed by atoms with Gasteiger partial charge in [-0.1, -0.05) is 6.92 Å². The molecular weight excluding hydrogens is 194 g/mol. The quantitative estimate of drug-likeness (QED) is 0.619. The third-order valence-corrected chi connectivity index (χ3v) is 3.97. The van der Waals surface area contributed by atoms with Crippen molar-refractivity contribution < 1.29 is 14.9 Å². The molecule has 2 aliphatic rings. The highest BCUT2D eigenvalue weighted by Crippen LogP contribution is 2.52. The van der Waals surface area contributed by atoms with Gasteiger partial charge in [-0.3, -0.25) is 4.90 Å². The summed E-state index contributed by atoms with van der Waals surface area (Å²) in [5.41, 5.74) is -0.716. The van der Waals surface area contributed by atoms with Gasteiger partial charge >= 0.3 is 0 Å². The van der Waals surface area contributed by atoms with E-state index in [1.54, 1.807) is 0 Å². The van der Waals surface area contributed by atoms with Crippen molar-refractivity contribution >= 4 is 0 Å². The van der Waals surface area contributed by atoms with Crippen molar-refractivity contribution in [2.75, 3.05) is 13.2 Å². The summed E-state index contributed by atoms with van der Waals surface area (Å²) in [4.78, 5) is 1.91. The first-order chi connectivity index (χ1) is 6.71. The fourth-order valence-corrected chi connectivity index (χ4v) is 2.61. The molecule has 2 N–H and O–H groups in total. The molecule has 4 nitrogen and oxygen atoms in total. The summed E-state index contributed by atoms with van der Waals surface area (Å²) >= 11 is 0. The Balaban J connectivity index is 2.32. The monoisotopic (exact) mass is 215 g/mol. The Labute approximate surface area is 90.8 Å². The number of ether oxygens (including phenoxy) is 1. The standard InChI is InChI=1S/C11H21NO3/c1-9(2,3)12-7-11(14)10(4,8(12)13)5-6-15-11/h8,13-14H,5-7H2,1-4H3/t8-,10+,11-/m1/s1. The second kappa shape index (κ2) is 2.94. The van der Waals surface area contributed by atoms with Crippen molar-refractivity contribution in [3.8, 4) is 0 Å². The molecule has 2 saturated heterocycles. The topological polar surface area (TPSA) is 52.9 Å². The van der Waals surface area contributed by atoms with E-state index in [0.717, 1.165) is 0 Å². The molecule has 2 fully saturated rings.